The summed E-state index contributed by atoms with van der Waals surface area (Å²) in [6.07, 6.45) is 0. The molecular weight excluding hydrogens is 386 g/mol. The third kappa shape index (κ3) is 4.06. The molecule has 0 radical (unpaired) electrons. The molecule has 0 amide bonds. The highest BCUT2D eigenvalue weighted by molar-refractivity contribution is 6.00. The lowest BCUT2D eigenvalue weighted by Gasteiger charge is -2.21. The quantitative estimate of drug-likeness (QED) is 0.305. The summed E-state index contributed by atoms with van der Waals surface area (Å²) in [5.74, 6) is 0. The molecule has 1 nitrogen and oxygen atoms in total. The van der Waals surface area contributed by atoms with Crippen LogP contribution in [0.15, 0.2) is 127 Å². The van der Waals surface area contributed by atoms with E-state index in [1.54, 1.807) is 0 Å². The molecule has 5 rings (SSSR count). The van der Waals surface area contributed by atoms with E-state index in [9.17, 15) is 0 Å². The number of rotatable bonds is 5. The van der Waals surface area contributed by atoms with Crippen molar-refractivity contribution in [3.05, 3.63) is 133 Å². The number of benzene rings is 5. The van der Waals surface area contributed by atoms with Gasteiger partial charge in [0, 0.05) is 16.9 Å². The Hall–Kier alpha value is -4.10. The Morgan fingerprint density at radius 1 is 0.469 bits per heavy atom. The highest BCUT2D eigenvalue weighted by Crippen LogP contribution is 2.44. The maximum atomic E-state index is 3.70. The molecule has 0 saturated carbocycles. The van der Waals surface area contributed by atoms with Crippen molar-refractivity contribution in [2.45, 2.75) is 6.92 Å². The number of aryl methyl sites for hydroxylation is 1. The van der Waals surface area contributed by atoms with Gasteiger partial charge in [0.1, 0.15) is 0 Å². The fourth-order valence-electron chi connectivity index (χ4n) is 4.25. The van der Waals surface area contributed by atoms with Crippen LogP contribution in [0, 0.1) is 6.92 Å². The summed E-state index contributed by atoms with van der Waals surface area (Å²) in [5, 5.41) is 3.70. The predicted octanol–water partition coefficient (Wildman–Crippen LogP) is 8.74. The largest absolute Gasteiger partial charge is 0.355 e. The van der Waals surface area contributed by atoms with Crippen LogP contribution in [0.25, 0.3) is 33.4 Å². The van der Waals surface area contributed by atoms with Crippen LogP contribution in [-0.2, 0) is 0 Å². The lowest BCUT2D eigenvalue weighted by Crippen LogP contribution is -1.98. The van der Waals surface area contributed by atoms with E-state index < -0.39 is 0 Å². The van der Waals surface area contributed by atoms with Gasteiger partial charge in [0.15, 0.2) is 0 Å². The number of anilines is 2. The lowest BCUT2D eigenvalue weighted by atomic mass is 9.86. The molecule has 5 aromatic rings. The van der Waals surface area contributed by atoms with Crippen LogP contribution < -0.4 is 5.32 Å². The molecule has 0 saturated heterocycles. The predicted molar refractivity (Wildman–Crippen MR) is 137 cm³/mol. The fraction of sp³-hybridized carbons (Fsp3) is 0.0323. The molecule has 1 N–H and O–H groups in total. The summed E-state index contributed by atoms with van der Waals surface area (Å²) < 4.78 is 0. The lowest BCUT2D eigenvalue weighted by molar-refractivity contribution is 1.45. The summed E-state index contributed by atoms with van der Waals surface area (Å²) in [7, 11) is 0. The smallest absolute Gasteiger partial charge is 0.0470 e. The van der Waals surface area contributed by atoms with E-state index in [2.05, 4.69) is 140 Å². The van der Waals surface area contributed by atoms with Crippen LogP contribution >= 0.6 is 0 Å². The van der Waals surface area contributed by atoms with Crippen molar-refractivity contribution in [1.82, 2.24) is 0 Å². The molecule has 0 atom stereocenters. The van der Waals surface area contributed by atoms with Gasteiger partial charge in [-0.15, -0.1) is 0 Å². The Kier molecular flexibility index (Phi) is 5.55. The molecule has 0 aliphatic heterocycles. The molecule has 0 bridgehead atoms. The molecule has 0 fully saturated rings. The minimum Gasteiger partial charge on any atom is -0.355 e. The Morgan fingerprint density at radius 2 is 1.03 bits per heavy atom. The zero-order valence-electron chi connectivity index (χ0n) is 18.1. The molecule has 1 heteroatoms. The van der Waals surface area contributed by atoms with E-state index in [-0.39, 0.29) is 0 Å². The average molecular weight is 412 g/mol. The van der Waals surface area contributed by atoms with Gasteiger partial charge in [0.25, 0.3) is 0 Å². The molecule has 154 valence electrons. The molecule has 32 heavy (non-hydrogen) atoms. The number of nitrogens with one attached hydrogen (secondary N) is 1. The minimum atomic E-state index is 1.09. The number of hydrogen-bond donors (Lipinski definition) is 1. The molecule has 0 aromatic heterocycles. The van der Waals surface area contributed by atoms with Gasteiger partial charge in [0.05, 0.1) is 0 Å². The third-order valence-corrected chi connectivity index (χ3v) is 5.71. The fourth-order valence-corrected chi connectivity index (χ4v) is 4.25. The highest BCUT2D eigenvalue weighted by Gasteiger charge is 2.18. The van der Waals surface area contributed by atoms with Gasteiger partial charge >= 0.3 is 0 Å². The van der Waals surface area contributed by atoms with Gasteiger partial charge in [-0.2, -0.15) is 0 Å². The highest BCUT2D eigenvalue weighted by atomic mass is 14.9. The Bertz CT molecular complexity index is 1320. The van der Waals surface area contributed by atoms with E-state index >= 15 is 0 Å². The Morgan fingerprint density at radius 3 is 1.62 bits per heavy atom. The van der Waals surface area contributed by atoms with Crippen LogP contribution in [0.2, 0.25) is 0 Å². The molecule has 0 unspecified atom stereocenters. The van der Waals surface area contributed by atoms with Crippen molar-refractivity contribution in [3.63, 3.8) is 0 Å². The Labute approximate surface area is 190 Å². The van der Waals surface area contributed by atoms with Gasteiger partial charge in [-0.3, -0.25) is 0 Å². The first-order chi connectivity index (χ1) is 15.8. The second-order valence-corrected chi connectivity index (χ2v) is 8.00. The summed E-state index contributed by atoms with van der Waals surface area (Å²) in [6.45, 7) is 2.12. The monoisotopic (exact) mass is 411 g/mol. The first kappa shape index (κ1) is 19.8. The van der Waals surface area contributed by atoms with E-state index in [4.69, 9.17) is 0 Å². The summed E-state index contributed by atoms with van der Waals surface area (Å²) in [4.78, 5) is 0. The van der Waals surface area contributed by atoms with Crippen LogP contribution in [0.3, 0.4) is 0 Å². The molecular formula is C31H25N. The van der Waals surface area contributed by atoms with Crippen LogP contribution in [0.5, 0.6) is 0 Å². The molecule has 0 aliphatic carbocycles. The van der Waals surface area contributed by atoms with E-state index in [1.165, 1.54) is 38.9 Å². The van der Waals surface area contributed by atoms with Gasteiger partial charge in [-0.25, -0.2) is 0 Å². The minimum absolute atomic E-state index is 1.09. The van der Waals surface area contributed by atoms with Crippen molar-refractivity contribution in [3.8, 4) is 33.4 Å². The molecule has 5 aromatic carbocycles. The summed E-state index contributed by atoms with van der Waals surface area (Å²) in [6, 6.07) is 45.0. The zero-order valence-corrected chi connectivity index (χ0v) is 18.1. The normalized spacial score (nSPS) is 10.7. The Balaban J connectivity index is 1.81. The van der Waals surface area contributed by atoms with Gasteiger partial charge < -0.3 is 5.32 Å². The molecule has 0 aliphatic rings. The third-order valence-electron chi connectivity index (χ3n) is 5.71. The van der Waals surface area contributed by atoms with Crippen LogP contribution in [-0.4, -0.2) is 0 Å². The van der Waals surface area contributed by atoms with E-state index in [0.717, 1.165) is 11.4 Å². The zero-order chi connectivity index (χ0) is 21.8. The van der Waals surface area contributed by atoms with Crippen molar-refractivity contribution >= 4 is 11.4 Å². The number of hydrogen-bond acceptors (Lipinski definition) is 1. The maximum Gasteiger partial charge on any atom is 0.0470 e. The first-order valence-corrected chi connectivity index (χ1v) is 11.0. The van der Waals surface area contributed by atoms with Crippen LogP contribution in [0.1, 0.15) is 5.56 Å². The van der Waals surface area contributed by atoms with Crippen LogP contribution in [0.4, 0.5) is 11.4 Å². The standard InChI is InChI=1S/C31H25N/c1-23-12-11-19-27(22-23)32-29-21-20-28(24-13-5-2-6-14-24)30(25-15-7-3-8-16-25)31(29)26-17-9-4-10-18-26/h2-22,32H,1H3. The summed E-state index contributed by atoms with van der Waals surface area (Å²) >= 11 is 0. The SMILES string of the molecule is Cc1cccc(Nc2ccc(-c3ccccc3)c(-c3ccccc3)c2-c2ccccc2)c1. The van der Waals surface area contributed by atoms with E-state index in [0.29, 0.717) is 0 Å². The van der Waals surface area contributed by atoms with Crippen molar-refractivity contribution < 1.29 is 0 Å². The average Bonchev–Trinajstić information content (AvgIpc) is 2.85. The first-order valence-electron chi connectivity index (χ1n) is 11.0. The van der Waals surface area contributed by atoms with Crippen molar-refractivity contribution in [2.75, 3.05) is 5.32 Å². The van der Waals surface area contributed by atoms with Crippen molar-refractivity contribution in [1.29, 1.82) is 0 Å². The van der Waals surface area contributed by atoms with Crippen molar-refractivity contribution in [2.24, 2.45) is 0 Å². The van der Waals surface area contributed by atoms with Gasteiger partial charge in [-0.1, -0.05) is 109 Å². The maximum absolute atomic E-state index is 3.70. The van der Waals surface area contributed by atoms with Gasteiger partial charge in [0.2, 0.25) is 0 Å². The summed E-state index contributed by atoms with van der Waals surface area (Å²) in [5.41, 5.74) is 10.7. The van der Waals surface area contributed by atoms with E-state index in [1.807, 2.05) is 0 Å². The second kappa shape index (κ2) is 8.95. The second-order valence-electron chi connectivity index (χ2n) is 8.00. The topological polar surface area (TPSA) is 12.0 Å². The molecule has 0 heterocycles. The molecule has 0 spiro atoms. The van der Waals surface area contributed by atoms with Gasteiger partial charge in [-0.05, 0) is 58.5 Å².